The van der Waals surface area contributed by atoms with Crippen LogP contribution in [0.2, 0.25) is 0 Å². The average Bonchev–Trinajstić information content (AvgIpc) is 2.85. The molecule has 0 saturated heterocycles. The minimum Gasteiger partial charge on any atom is -0.368 e. The molecule has 1 heterocycles. The second-order valence-corrected chi connectivity index (χ2v) is 4.45. The molecule has 0 atom stereocenters. The Kier molecular flexibility index (Phi) is 4.37. The summed E-state index contributed by atoms with van der Waals surface area (Å²) >= 11 is 5.73. The number of anilines is 1. The molecule has 0 saturated carbocycles. The summed E-state index contributed by atoms with van der Waals surface area (Å²) in [4.78, 5) is 22.8. The van der Waals surface area contributed by atoms with Crippen LogP contribution in [0.5, 0.6) is 0 Å². The molecule has 0 aliphatic carbocycles. The Labute approximate surface area is 120 Å². The Bertz CT molecular complexity index is 639. The summed E-state index contributed by atoms with van der Waals surface area (Å²) in [6.07, 6.45) is 2.99. The molecule has 2 aromatic rings. The summed E-state index contributed by atoms with van der Waals surface area (Å²) in [6.45, 7) is -0.0302. The molecule has 104 valence electrons. The highest BCUT2D eigenvalue weighted by Crippen LogP contribution is 2.11. The van der Waals surface area contributed by atoms with Crippen molar-refractivity contribution in [3.63, 3.8) is 0 Å². The third-order valence-corrected chi connectivity index (χ3v) is 2.86. The highest BCUT2D eigenvalue weighted by molar-refractivity contribution is 6.17. The fourth-order valence-corrected chi connectivity index (χ4v) is 1.84. The lowest BCUT2D eigenvalue weighted by molar-refractivity contribution is -0.118. The monoisotopic (exact) mass is 292 g/mol. The lowest BCUT2D eigenvalue weighted by atomic mass is 10.1. The molecule has 0 aliphatic rings. The molecular weight excluding hydrogens is 280 g/mol. The molecule has 0 aliphatic heterocycles. The number of nitrogens with two attached hydrogens (primary N) is 1. The Morgan fingerprint density at radius 3 is 2.90 bits per heavy atom. The number of halogens is 1. The van der Waals surface area contributed by atoms with Crippen molar-refractivity contribution in [3.8, 4) is 0 Å². The molecule has 1 aromatic carbocycles. The number of amides is 2. The lowest BCUT2D eigenvalue weighted by Gasteiger charge is -2.03. The van der Waals surface area contributed by atoms with E-state index in [1.54, 1.807) is 18.2 Å². The number of aromatic nitrogens is 2. The second-order valence-electron chi connectivity index (χ2n) is 4.18. The van der Waals surface area contributed by atoms with Gasteiger partial charge in [-0.2, -0.15) is 5.10 Å². The van der Waals surface area contributed by atoms with Crippen molar-refractivity contribution in [2.24, 2.45) is 5.73 Å². The van der Waals surface area contributed by atoms with Gasteiger partial charge in [0.25, 0.3) is 5.91 Å². The van der Waals surface area contributed by atoms with Gasteiger partial charge in [-0.1, -0.05) is 12.1 Å². The highest BCUT2D eigenvalue weighted by atomic mass is 35.5. The van der Waals surface area contributed by atoms with Gasteiger partial charge in [-0.25, -0.2) is 0 Å². The maximum atomic E-state index is 12.0. The van der Waals surface area contributed by atoms with E-state index in [9.17, 15) is 9.59 Å². The summed E-state index contributed by atoms with van der Waals surface area (Å²) in [7, 11) is 0. The average molecular weight is 293 g/mol. The molecule has 0 spiro atoms. The van der Waals surface area contributed by atoms with Gasteiger partial charge in [0, 0.05) is 17.6 Å². The molecule has 0 fully saturated rings. The van der Waals surface area contributed by atoms with Gasteiger partial charge in [0.2, 0.25) is 5.91 Å². The maximum Gasteiger partial charge on any atom is 0.255 e. The quantitative estimate of drug-likeness (QED) is 0.815. The number of primary amides is 1. The van der Waals surface area contributed by atoms with Crippen LogP contribution in [0, 0.1) is 0 Å². The SMILES string of the molecule is NC(=O)Cn1cc(NC(=O)c2cccc(CCl)c2)cn1. The van der Waals surface area contributed by atoms with E-state index in [0.29, 0.717) is 17.1 Å². The van der Waals surface area contributed by atoms with Gasteiger partial charge in [0.15, 0.2) is 0 Å². The number of nitrogens with one attached hydrogen (secondary N) is 1. The third kappa shape index (κ3) is 3.58. The van der Waals surface area contributed by atoms with Crippen molar-refractivity contribution in [2.75, 3.05) is 5.32 Å². The van der Waals surface area contributed by atoms with Gasteiger partial charge in [0.1, 0.15) is 6.54 Å². The van der Waals surface area contributed by atoms with E-state index in [1.165, 1.54) is 17.1 Å². The zero-order chi connectivity index (χ0) is 14.5. The van der Waals surface area contributed by atoms with Gasteiger partial charge in [0.05, 0.1) is 11.9 Å². The van der Waals surface area contributed by atoms with Gasteiger partial charge < -0.3 is 11.1 Å². The zero-order valence-electron chi connectivity index (χ0n) is 10.5. The maximum absolute atomic E-state index is 12.0. The molecule has 1 aromatic heterocycles. The fourth-order valence-electron chi connectivity index (χ4n) is 1.67. The normalized spacial score (nSPS) is 10.2. The predicted octanol–water partition coefficient (Wildman–Crippen LogP) is 1.36. The van der Waals surface area contributed by atoms with Gasteiger partial charge in [-0.05, 0) is 17.7 Å². The van der Waals surface area contributed by atoms with Crippen molar-refractivity contribution in [1.29, 1.82) is 0 Å². The molecule has 3 N–H and O–H groups in total. The summed E-state index contributed by atoms with van der Waals surface area (Å²) in [6, 6.07) is 7.02. The number of hydrogen-bond donors (Lipinski definition) is 2. The fraction of sp³-hybridized carbons (Fsp3) is 0.154. The number of benzene rings is 1. The summed E-state index contributed by atoms with van der Waals surface area (Å²) in [5.74, 6) is -0.422. The topological polar surface area (TPSA) is 90.0 Å². The molecule has 0 unspecified atom stereocenters. The third-order valence-electron chi connectivity index (χ3n) is 2.55. The Morgan fingerprint density at radius 1 is 1.40 bits per heavy atom. The molecule has 2 rings (SSSR count). The first-order valence-electron chi connectivity index (χ1n) is 5.85. The largest absolute Gasteiger partial charge is 0.368 e. The van der Waals surface area contributed by atoms with Crippen LogP contribution in [0.4, 0.5) is 5.69 Å². The van der Waals surface area contributed by atoms with Crippen LogP contribution in [0.15, 0.2) is 36.7 Å². The Hall–Kier alpha value is -2.34. The van der Waals surface area contributed by atoms with Crippen molar-refractivity contribution in [2.45, 2.75) is 12.4 Å². The van der Waals surface area contributed by atoms with Crippen molar-refractivity contribution < 1.29 is 9.59 Å². The summed E-state index contributed by atoms with van der Waals surface area (Å²) in [5.41, 5.74) is 6.92. The number of rotatable bonds is 5. The minimum absolute atomic E-state index is 0.0302. The zero-order valence-corrected chi connectivity index (χ0v) is 11.3. The minimum atomic E-state index is -0.499. The smallest absolute Gasteiger partial charge is 0.255 e. The van der Waals surface area contributed by atoms with Gasteiger partial charge in [-0.15, -0.1) is 11.6 Å². The van der Waals surface area contributed by atoms with Crippen LogP contribution in [0.1, 0.15) is 15.9 Å². The first-order valence-corrected chi connectivity index (χ1v) is 6.39. The molecule has 6 nitrogen and oxygen atoms in total. The number of carbonyl (C=O) groups is 2. The van der Waals surface area contributed by atoms with E-state index < -0.39 is 5.91 Å². The standard InChI is InChI=1S/C13H13ClN4O2/c14-5-9-2-1-3-10(4-9)13(20)17-11-6-16-18(7-11)8-12(15)19/h1-4,6-7H,5,8H2,(H2,15,19)(H,17,20). The summed E-state index contributed by atoms with van der Waals surface area (Å²) < 4.78 is 1.35. The number of nitrogens with zero attached hydrogens (tertiary/aromatic N) is 2. The second kappa shape index (κ2) is 6.21. The van der Waals surface area contributed by atoms with E-state index in [2.05, 4.69) is 10.4 Å². The van der Waals surface area contributed by atoms with Crippen LogP contribution >= 0.6 is 11.6 Å². The van der Waals surface area contributed by atoms with Gasteiger partial charge >= 0.3 is 0 Å². The van der Waals surface area contributed by atoms with E-state index in [-0.39, 0.29) is 12.5 Å². The molecule has 0 radical (unpaired) electrons. The molecular formula is C13H13ClN4O2. The van der Waals surface area contributed by atoms with E-state index >= 15 is 0 Å². The molecule has 7 heteroatoms. The first kappa shape index (κ1) is 14.1. The first-order chi connectivity index (χ1) is 9.58. The Morgan fingerprint density at radius 2 is 2.20 bits per heavy atom. The molecule has 0 bridgehead atoms. The molecule has 2 amide bonds. The van der Waals surface area contributed by atoms with E-state index in [1.807, 2.05) is 6.07 Å². The van der Waals surface area contributed by atoms with Crippen molar-refractivity contribution >= 4 is 29.1 Å². The van der Waals surface area contributed by atoms with Gasteiger partial charge in [-0.3, -0.25) is 14.3 Å². The molecule has 20 heavy (non-hydrogen) atoms. The van der Waals surface area contributed by atoms with Crippen LogP contribution in [0.3, 0.4) is 0 Å². The summed E-state index contributed by atoms with van der Waals surface area (Å²) in [5, 5.41) is 6.60. The number of hydrogen-bond acceptors (Lipinski definition) is 3. The van der Waals surface area contributed by atoms with Crippen molar-refractivity contribution in [1.82, 2.24) is 9.78 Å². The van der Waals surface area contributed by atoms with Crippen LogP contribution in [0.25, 0.3) is 0 Å². The van der Waals surface area contributed by atoms with Crippen LogP contribution < -0.4 is 11.1 Å². The lowest BCUT2D eigenvalue weighted by Crippen LogP contribution is -2.18. The van der Waals surface area contributed by atoms with Crippen molar-refractivity contribution in [3.05, 3.63) is 47.8 Å². The van der Waals surface area contributed by atoms with Crippen LogP contribution in [-0.2, 0) is 17.2 Å². The Balaban J connectivity index is 2.07. The highest BCUT2D eigenvalue weighted by Gasteiger charge is 2.08. The van der Waals surface area contributed by atoms with E-state index in [4.69, 9.17) is 17.3 Å². The van der Waals surface area contributed by atoms with Crippen LogP contribution in [-0.4, -0.2) is 21.6 Å². The number of alkyl halides is 1. The van der Waals surface area contributed by atoms with E-state index in [0.717, 1.165) is 5.56 Å². The predicted molar refractivity (Wildman–Crippen MR) is 75.4 cm³/mol. The number of carbonyl (C=O) groups excluding carboxylic acids is 2.